The van der Waals surface area contributed by atoms with Gasteiger partial charge in [-0.2, -0.15) is 5.26 Å². The van der Waals surface area contributed by atoms with E-state index in [9.17, 15) is 9.83 Å². The van der Waals surface area contributed by atoms with Gasteiger partial charge in [-0.3, -0.25) is 0 Å². The molecule has 0 atom stereocenters. The molecule has 1 saturated heterocycles. The molecule has 4 aromatic rings. The molecule has 5 rings (SSSR count). The van der Waals surface area contributed by atoms with E-state index < -0.39 is 7.14 Å². The van der Waals surface area contributed by atoms with Crippen LogP contribution in [0, 0.1) is 11.3 Å². The van der Waals surface area contributed by atoms with Crippen molar-refractivity contribution in [3.63, 3.8) is 0 Å². The number of piperidine rings is 1. The lowest BCUT2D eigenvalue weighted by Crippen LogP contribution is -2.41. The van der Waals surface area contributed by atoms with Crippen molar-refractivity contribution in [1.29, 1.82) is 5.26 Å². The summed E-state index contributed by atoms with van der Waals surface area (Å²) in [5.74, 6) is 0. The molecule has 2 N–H and O–H groups in total. The fraction of sp³-hybridized carbons (Fsp3) is 0.310. The molecule has 0 aliphatic carbocycles. The predicted octanol–water partition coefficient (Wildman–Crippen LogP) is 5.62. The Bertz CT molecular complexity index is 1500. The smallest absolute Gasteiger partial charge is 0.139 e. The summed E-state index contributed by atoms with van der Waals surface area (Å²) in [7, 11) is 1.73. The van der Waals surface area contributed by atoms with Crippen molar-refractivity contribution in [2.75, 3.05) is 50.7 Å². The number of anilines is 3. The number of hydrogen-bond donors (Lipinski definition) is 2. The number of nitrogens with zero attached hydrogens (tertiary/aromatic N) is 4. The SMILES string of the molecule is CN(C)C1CCN(c2ccc(-c3cc4c(Nc5ccc(C#N)cc5P(C)(C)=O)ccnc4[nH]3)cc2)CC1. The molecule has 8 heteroatoms. The third-order valence-corrected chi connectivity index (χ3v) is 8.78. The van der Waals surface area contributed by atoms with Crippen molar-refractivity contribution in [2.24, 2.45) is 0 Å². The third kappa shape index (κ3) is 5.27. The molecule has 1 aliphatic heterocycles. The largest absolute Gasteiger partial charge is 0.371 e. The van der Waals surface area contributed by atoms with E-state index in [0.29, 0.717) is 16.9 Å². The number of pyridine rings is 1. The van der Waals surface area contributed by atoms with Gasteiger partial charge < -0.3 is 24.7 Å². The molecular formula is C29H33N6OP. The van der Waals surface area contributed by atoms with Crippen LogP contribution in [0.15, 0.2) is 60.8 Å². The monoisotopic (exact) mass is 512 g/mol. The van der Waals surface area contributed by atoms with Crippen LogP contribution in [0.5, 0.6) is 0 Å². The number of aromatic nitrogens is 2. The highest BCUT2D eigenvalue weighted by atomic mass is 31.2. The first kappa shape index (κ1) is 25.1. The molecule has 0 unspecified atom stereocenters. The molecule has 0 saturated carbocycles. The second-order valence-corrected chi connectivity index (χ2v) is 13.5. The van der Waals surface area contributed by atoms with E-state index in [4.69, 9.17) is 0 Å². The number of hydrogen-bond acceptors (Lipinski definition) is 6. The number of H-pyrrole nitrogens is 1. The number of nitriles is 1. The standard InChI is InChI=1S/C29H33N6OP/c1-34(2)22-12-15-35(16-13-22)23-8-6-21(7-9-23)27-18-24-25(11-14-31-29(24)33-27)32-26-10-5-20(19-30)17-28(26)37(3,4)36/h5-11,14,17-18,22H,12-13,15-16H2,1-4H3,(H2,31,32,33). The zero-order valence-corrected chi connectivity index (χ0v) is 22.7. The zero-order valence-electron chi connectivity index (χ0n) is 21.8. The molecule has 3 heterocycles. The summed E-state index contributed by atoms with van der Waals surface area (Å²) in [4.78, 5) is 12.8. The van der Waals surface area contributed by atoms with Crippen molar-refractivity contribution in [1.82, 2.24) is 14.9 Å². The van der Waals surface area contributed by atoms with E-state index in [1.165, 1.54) is 18.5 Å². The summed E-state index contributed by atoms with van der Waals surface area (Å²) in [6.45, 7) is 5.60. The molecular weight excluding hydrogens is 479 g/mol. The molecule has 37 heavy (non-hydrogen) atoms. The average molecular weight is 513 g/mol. The quantitative estimate of drug-likeness (QED) is 0.326. The number of aromatic amines is 1. The highest BCUT2D eigenvalue weighted by Crippen LogP contribution is 2.39. The predicted molar refractivity (Wildman–Crippen MR) is 154 cm³/mol. The van der Waals surface area contributed by atoms with Crippen LogP contribution >= 0.6 is 7.14 Å². The van der Waals surface area contributed by atoms with Gasteiger partial charge in [-0.1, -0.05) is 12.1 Å². The normalized spacial score (nSPS) is 14.8. The first-order chi connectivity index (χ1) is 17.7. The summed E-state index contributed by atoms with van der Waals surface area (Å²) in [5.41, 5.74) is 6.24. The van der Waals surface area contributed by atoms with Crippen LogP contribution in [0.25, 0.3) is 22.3 Å². The summed E-state index contributed by atoms with van der Waals surface area (Å²) >= 11 is 0. The summed E-state index contributed by atoms with van der Waals surface area (Å²) < 4.78 is 13.0. The van der Waals surface area contributed by atoms with Gasteiger partial charge in [-0.25, -0.2) is 4.98 Å². The topological polar surface area (TPSA) is 88.0 Å². The molecule has 0 spiro atoms. The average Bonchev–Trinajstić information content (AvgIpc) is 3.34. The first-order valence-corrected chi connectivity index (χ1v) is 15.2. The molecule has 1 fully saturated rings. The lowest BCUT2D eigenvalue weighted by molar-refractivity contribution is 0.249. The van der Waals surface area contributed by atoms with Crippen molar-refractivity contribution in [2.45, 2.75) is 18.9 Å². The Morgan fingerprint density at radius 2 is 1.78 bits per heavy atom. The first-order valence-electron chi connectivity index (χ1n) is 12.6. The van der Waals surface area contributed by atoms with Crippen LogP contribution in [0.2, 0.25) is 0 Å². The minimum absolute atomic E-state index is 0.499. The number of rotatable bonds is 6. The van der Waals surface area contributed by atoms with Gasteiger partial charge in [0.15, 0.2) is 0 Å². The Hall–Kier alpha value is -3.59. The summed E-state index contributed by atoms with van der Waals surface area (Å²) in [5, 5.41) is 14.4. The number of nitrogens with one attached hydrogen (secondary N) is 2. The fourth-order valence-electron chi connectivity index (χ4n) is 5.08. The maximum absolute atomic E-state index is 13.0. The van der Waals surface area contributed by atoms with Gasteiger partial charge >= 0.3 is 0 Å². The van der Waals surface area contributed by atoms with Gasteiger partial charge in [-0.15, -0.1) is 0 Å². The van der Waals surface area contributed by atoms with Crippen LogP contribution in [-0.4, -0.2) is 61.4 Å². The lowest BCUT2D eigenvalue weighted by atomic mass is 10.0. The maximum Gasteiger partial charge on any atom is 0.139 e. The molecule has 0 radical (unpaired) electrons. The van der Waals surface area contributed by atoms with Gasteiger partial charge in [0.05, 0.1) is 17.3 Å². The Balaban J connectivity index is 1.40. The van der Waals surface area contributed by atoms with Crippen LogP contribution in [0.1, 0.15) is 18.4 Å². The van der Waals surface area contributed by atoms with Crippen LogP contribution in [-0.2, 0) is 4.57 Å². The summed E-state index contributed by atoms with van der Waals surface area (Å²) in [6.07, 6.45) is 4.13. The highest BCUT2D eigenvalue weighted by molar-refractivity contribution is 7.70. The zero-order chi connectivity index (χ0) is 26.2. The molecule has 0 amide bonds. The van der Waals surface area contributed by atoms with E-state index >= 15 is 0 Å². The van der Waals surface area contributed by atoms with Gasteiger partial charge in [0.25, 0.3) is 0 Å². The van der Waals surface area contributed by atoms with Crippen molar-refractivity contribution < 1.29 is 4.57 Å². The Morgan fingerprint density at radius 1 is 1.05 bits per heavy atom. The Labute approximate surface area is 218 Å². The molecule has 2 aromatic heterocycles. The van der Waals surface area contributed by atoms with E-state index in [1.54, 1.807) is 31.7 Å². The third-order valence-electron chi connectivity index (χ3n) is 7.25. The lowest BCUT2D eigenvalue weighted by Gasteiger charge is -2.36. The van der Waals surface area contributed by atoms with E-state index in [2.05, 4.69) is 75.6 Å². The molecule has 7 nitrogen and oxygen atoms in total. The minimum atomic E-state index is -2.60. The number of benzene rings is 2. The van der Waals surface area contributed by atoms with Crippen LogP contribution in [0.4, 0.5) is 17.1 Å². The molecule has 2 aromatic carbocycles. The van der Waals surface area contributed by atoms with Crippen molar-refractivity contribution in [3.8, 4) is 17.3 Å². The van der Waals surface area contributed by atoms with E-state index in [-0.39, 0.29) is 0 Å². The van der Waals surface area contributed by atoms with Crippen molar-refractivity contribution >= 4 is 40.5 Å². The second-order valence-electron chi connectivity index (χ2n) is 10.4. The number of fused-ring (bicyclic) bond motifs is 1. The van der Waals surface area contributed by atoms with Crippen LogP contribution < -0.4 is 15.5 Å². The minimum Gasteiger partial charge on any atom is -0.371 e. The second kappa shape index (κ2) is 10.0. The van der Waals surface area contributed by atoms with E-state index in [0.717, 1.165) is 46.8 Å². The molecule has 190 valence electrons. The van der Waals surface area contributed by atoms with Crippen molar-refractivity contribution in [3.05, 3.63) is 66.4 Å². The van der Waals surface area contributed by atoms with Gasteiger partial charge in [0.2, 0.25) is 0 Å². The Morgan fingerprint density at radius 3 is 2.43 bits per heavy atom. The van der Waals surface area contributed by atoms with E-state index in [1.807, 2.05) is 12.1 Å². The fourth-order valence-corrected chi connectivity index (χ4v) is 6.24. The highest BCUT2D eigenvalue weighted by Gasteiger charge is 2.21. The summed E-state index contributed by atoms with van der Waals surface area (Å²) in [6, 6.07) is 20.8. The van der Waals surface area contributed by atoms with Crippen LogP contribution in [0.3, 0.4) is 0 Å². The van der Waals surface area contributed by atoms with Gasteiger partial charge in [0, 0.05) is 53.1 Å². The Kier molecular flexibility index (Phi) is 6.81. The maximum atomic E-state index is 13.0. The molecule has 1 aliphatic rings. The molecule has 0 bridgehead atoms. The van der Waals surface area contributed by atoms with Gasteiger partial charge in [-0.05, 0) is 88.3 Å². The van der Waals surface area contributed by atoms with Gasteiger partial charge in [0.1, 0.15) is 12.8 Å².